The molecule has 2 atom stereocenters. The molecule has 2 rings (SSSR count). The van der Waals surface area contributed by atoms with Crippen LogP contribution in [0.4, 0.5) is 0 Å². The Morgan fingerprint density at radius 2 is 2.26 bits per heavy atom. The third-order valence-corrected chi connectivity index (χ3v) is 3.61. The van der Waals surface area contributed by atoms with E-state index in [1.807, 2.05) is 30.3 Å². The van der Waals surface area contributed by atoms with Crippen molar-refractivity contribution in [3.8, 4) is 6.07 Å². The van der Waals surface area contributed by atoms with Crippen LogP contribution in [0.1, 0.15) is 24.3 Å². The molecule has 0 bridgehead atoms. The van der Waals surface area contributed by atoms with Crippen molar-refractivity contribution in [2.24, 2.45) is 0 Å². The summed E-state index contributed by atoms with van der Waals surface area (Å²) in [5.41, 5.74) is 1.00. The van der Waals surface area contributed by atoms with Crippen LogP contribution in [0, 0.1) is 11.3 Å². The van der Waals surface area contributed by atoms with Gasteiger partial charge in [-0.3, -0.25) is 9.69 Å². The van der Waals surface area contributed by atoms with E-state index in [4.69, 9.17) is 4.74 Å². The molecule has 1 fully saturated rings. The Kier molecular flexibility index (Phi) is 4.53. The molecule has 100 valence electrons. The Morgan fingerprint density at radius 1 is 1.53 bits per heavy atom. The van der Waals surface area contributed by atoms with E-state index in [0.717, 1.165) is 24.9 Å². The van der Waals surface area contributed by atoms with E-state index in [-0.39, 0.29) is 17.9 Å². The molecule has 1 aromatic rings. The lowest BCUT2D eigenvalue weighted by molar-refractivity contribution is -0.145. The van der Waals surface area contributed by atoms with Gasteiger partial charge in [-0.2, -0.15) is 5.26 Å². The maximum absolute atomic E-state index is 11.7. The molecule has 1 aliphatic rings. The average molecular weight is 258 g/mol. The Hall–Kier alpha value is -1.86. The quantitative estimate of drug-likeness (QED) is 0.774. The van der Waals surface area contributed by atoms with Crippen LogP contribution in [0.2, 0.25) is 0 Å². The number of esters is 1. The summed E-state index contributed by atoms with van der Waals surface area (Å²) >= 11 is 0. The molecule has 1 aliphatic heterocycles. The Balaban J connectivity index is 2.07. The summed E-state index contributed by atoms with van der Waals surface area (Å²) in [5.74, 6) is -0.395. The van der Waals surface area contributed by atoms with Crippen molar-refractivity contribution < 1.29 is 9.53 Å². The first-order chi connectivity index (χ1) is 9.26. The maximum atomic E-state index is 11.7. The number of hydrogen-bond donors (Lipinski definition) is 0. The number of methoxy groups -OCH3 is 1. The molecule has 4 nitrogen and oxygen atoms in total. The topological polar surface area (TPSA) is 53.3 Å². The molecule has 1 saturated heterocycles. The summed E-state index contributed by atoms with van der Waals surface area (Å²) in [7, 11) is 1.41. The van der Waals surface area contributed by atoms with Crippen molar-refractivity contribution in [1.29, 1.82) is 5.26 Å². The molecular formula is C15H18N2O2. The molecule has 0 aliphatic carbocycles. The largest absolute Gasteiger partial charge is 0.468 e. The standard InChI is InChI=1S/C15H18N2O2/c1-19-15(18)14-8-5-9-17(14)11-13(10-16)12-6-3-2-4-7-12/h2-4,6-7,13-14H,5,8-9,11H2,1H3. The second kappa shape index (κ2) is 6.35. The van der Waals surface area contributed by atoms with Gasteiger partial charge in [-0.05, 0) is 24.9 Å². The summed E-state index contributed by atoms with van der Waals surface area (Å²) in [6, 6.07) is 11.8. The first kappa shape index (κ1) is 13.6. The highest BCUT2D eigenvalue weighted by atomic mass is 16.5. The van der Waals surface area contributed by atoms with Crippen molar-refractivity contribution in [1.82, 2.24) is 4.90 Å². The molecule has 0 spiro atoms. The van der Waals surface area contributed by atoms with Gasteiger partial charge < -0.3 is 4.74 Å². The van der Waals surface area contributed by atoms with E-state index < -0.39 is 0 Å². The molecule has 2 unspecified atom stereocenters. The highest BCUT2D eigenvalue weighted by Crippen LogP contribution is 2.23. The number of hydrogen-bond acceptors (Lipinski definition) is 4. The van der Waals surface area contributed by atoms with E-state index in [0.29, 0.717) is 6.54 Å². The number of nitrogens with zero attached hydrogens (tertiary/aromatic N) is 2. The molecule has 0 radical (unpaired) electrons. The SMILES string of the molecule is COC(=O)C1CCCN1CC(C#N)c1ccccc1. The minimum Gasteiger partial charge on any atom is -0.468 e. The molecular weight excluding hydrogens is 240 g/mol. The van der Waals surface area contributed by atoms with Crippen molar-refractivity contribution in [3.63, 3.8) is 0 Å². The van der Waals surface area contributed by atoms with Gasteiger partial charge in [0.25, 0.3) is 0 Å². The fourth-order valence-corrected chi connectivity index (χ4v) is 2.59. The molecule has 1 heterocycles. The predicted octanol–water partition coefficient (Wildman–Crippen LogP) is 1.93. The van der Waals surface area contributed by atoms with Crippen LogP contribution in [0.5, 0.6) is 0 Å². The molecule has 1 aromatic carbocycles. The van der Waals surface area contributed by atoms with Gasteiger partial charge in [0.2, 0.25) is 0 Å². The predicted molar refractivity (Wildman–Crippen MR) is 71.4 cm³/mol. The van der Waals surface area contributed by atoms with E-state index in [1.165, 1.54) is 7.11 Å². The Labute approximate surface area is 113 Å². The van der Waals surface area contributed by atoms with Crippen LogP contribution in [0.3, 0.4) is 0 Å². The van der Waals surface area contributed by atoms with Crippen LogP contribution in [0.15, 0.2) is 30.3 Å². The number of carbonyl (C=O) groups is 1. The smallest absolute Gasteiger partial charge is 0.323 e. The van der Waals surface area contributed by atoms with Gasteiger partial charge >= 0.3 is 5.97 Å². The van der Waals surface area contributed by atoms with Gasteiger partial charge in [0, 0.05) is 6.54 Å². The first-order valence-corrected chi connectivity index (χ1v) is 6.52. The number of benzene rings is 1. The third kappa shape index (κ3) is 3.12. The van der Waals surface area contributed by atoms with Crippen LogP contribution in [0.25, 0.3) is 0 Å². The monoisotopic (exact) mass is 258 g/mol. The second-order valence-corrected chi connectivity index (χ2v) is 4.77. The fourth-order valence-electron chi connectivity index (χ4n) is 2.59. The fraction of sp³-hybridized carbons (Fsp3) is 0.467. The van der Waals surface area contributed by atoms with E-state index in [1.54, 1.807) is 0 Å². The molecule has 0 amide bonds. The van der Waals surface area contributed by atoms with Crippen LogP contribution < -0.4 is 0 Å². The average Bonchev–Trinajstić information content (AvgIpc) is 2.93. The van der Waals surface area contributed by atoms with Gasteiger partial charge in [-0.25, -0.2) is 0 Å². The van der Waals surface area contributed by atoms with E-state index in [9.17, 15) is 10.1 Å². The van der Waals surface area contributed by atoms with Gasteiger partial charge in [0.1, 0.15) is 6.04 Å². The van der Waals surface area contributed by atoms with Crippen LogP contribution >= 0.6 is 0 Å². The third-order valence-electron chi connectivity index (χ3n) is 3.61. The first-order valence-electron chi connectivity index (χ1n) is 6.52. The summed E-state index contributed by atoms with van der Waals surface area (Å²) in [6.45, 7) is 1.44. The lowest BCUT2D eigenvalue weighted by Crippen LogP contribution is -2.39. The number of rotatable bonds is 4. The van der Waals surface area contributed by atoms with Crippen molar-refractivity contribution >= 4 is 5.97 Å². The Bertz CT molecular complexity index is 467. The van der Waals surface area contributed by atoms with Crippen LogP contribution in [-0.4, -0.2) is 37.1 Å². The normalized spacial score (nSPS) is 20.7. The lowest BCUT2D eigenvalue weighted by atomic mass is 10.00. The van der Waals surface area contributed by atoms with Crippen molar-refractivity contribution in [3.05, 3.63) is 35.9 Å². The molecule has 0 N–H and O–H groups in total. The Morgan fingerprint density at radius 3 is 2.89 bits per heavy atom. The summed E-state index contributed by atoms with van der Waals surface area (Å²) < 4.78 is 4.82. The number of nitriles is 1. The number of likely N-dealkylation sites (tertiary alicyclic amines) is 1. The zero-order chi connectivity index (χ0) is 13.7. The molecule has 4 heteroatoms. The van der Waals surface area contributed by atoms with E-state index in [2.05, 4.69) is 11.0 Å². The second-order valence-electron chi connectivity index (χ2n) is 4.77. The highest BCUT2D eigenvalue weighted by molar-refractivity contribution is 5.76. The summed E-state index contributed by atoms with van der Waals surface area (Å²) in [6.07, 6.45) is 1.80. The van der Waals surface area contributed by atoms with Gasteiger partial charge in [0.15, 0.2) is 0 Å². The molecule has 0 saturated carbocycles. The van der Waals surface area contributed by atoms with Gasteiger partial charge in [-0.1, -0.05) is 30.3 Å². The minimum absolute atomic E-state index is 0.190. The minimum atomic E-state index is -0.202. The number of carbonyl (C=O) groups excluding carboxylic acids is 1. The molecule has 0 aromatic heterocycles. The zero-order valence-corrected chi connectivity index (χ0v) is 11.1. The number of ether oxygens (including phenoxy) is 1. The van der Waals surface area contributed by atoms with Crippen molar-refractivity contribution in [2.45, 2.75) is 24.8 Å². The molecule has 19 heavy (non-hydrogen) atoms. The van der Waals surface area contributed by atoms with E-state index >= 15 is 0 Å². The van der Waals surface area contributed by atoms with Crippen molar-refractivity contribution in [2.75, 3.05) is 20.2 Å². The summed E-state index contributed by atoms with van der Waals surface area (Å²) in [5, 5.41) is 9.33. The maximum Gasteiger partial charge on any atom is 0.323 e. The van der Waals surface area contributed by atoms with Crippen LogP contribution in [-0.2, 0) is 9.53 Å². The highest BCUT2D eigenvalue weighted by Gasteiger charge is 2.33. The lowest BCUT2D eigenvalue weighted by Gasteiger charge is -2.24. The summed E-state index contributed by atoms with van der Waals surface area (Å²) in [4.78, 5) is 13.7. The van der Waals surface area contributed by atoms with Gasteiger partial charge in [0.05, 0.1) is 19.1 Å². The zero-order valence-electron chi connectivity index (χ0n) is 11.1. The van der Waals surface area contributed by atoms with Gasteiger partial charge in [-0.15, -0.1) is 0 Å².